The molecule has 0 unspecified atom stereocenters. The maximum atomic E-state index is 13.5. The van der Waals surface area contributed by atoms with E-state index in [1.165, 1.54) is 30.0 Å². The minimum atomic E-state index is -0.590. The van der Waals surface area contributed by atoms with Crippen molar-refractivity contribution in [2.45, 2.75) is 5.16 Å². The highest BCUT2D eigenvalue weighted by Gasteiger charge is 2.12. The Labute approximate surface area is 168 Å². The highest BCUT2D eigenvalue weighted by Crippen LogP contribution is 2.22. The average Bonchev–Trinajstić information content (AvgIpc) is 3.12. The van der Waals surface area contributed by atoms with Gasteiger partial charge in [-0.15, -0.1) is 10.2 Å². The molecule has 4 aromatic rings. The summed E-state index contributed by atoms with van der Waals surface area (Å²) in [4.78, 5) is 12.2. The third kappa shape index (κ3) is 3.97. The van der Waals surface area contributed by atoms with E-state index in [1.807, 2.05) is 42.5 Å². The topological polar surface area (TPSA) is 72.2 Å². The lowest BCUT2D eigenvalue weighted by molar-refractivity contribution is -0.113. The van der Waals surface area contributed by atoms with Gasteiger partial charge in [-0.2, -0.15) is 9.61 Å². The first-order valence-corrected chi connectivity index (χ1v) is 9.62. The molecule has 6 nitrogen and oxygen atoms in total. The molecular weight excluding hydrogens is 401 g/mol. The van der Waals surface area contributed by atoms with E-state index in [0.29, 0.717) is 16.5 Å². The van der Waals surface area contributed by atoms with Crippen LogP contribution in [0.15, 0.2) is 65.8 Å². The van der Waals surface area contributed by atoms with E-state index in [-0.39, 0.29) is 16.7 Å². The molecule has 0 saturated carbocycles. The number of fused-ring (bicyclic) bond motifs is 1. The van der Waals surface area contributed by atoms with Crippen LogP contribution < -0.4 is 5.32 Å². The van der Waals surface area contributed by atoms with Gasteiger partial charge in [0.25, 0.3) is 0 Å². The summed E-state index contributed by atoms with van der Waals surface area (Å²) >= 11 is 6.83. The molecule has 2 aromatic heterocycles. The molecule has 0 fully saturated rings. The van der Waals surface area contributed by atoms with E-state index in [2.05, 4.69) is 20.6 Å². The standard InChI is InChI=1S/C19H13ClFN5OS/c20-14-7-6-13(10-15(14)21)22-18(27)11-28-19-24-23-17-9-8-16(25-26(17)19)12-4-2-1-3-5-12/h1-10H,11H2,(H,22,27). The Morgan fingerprint density at radius 3 is 2.71 bits per heavy atom. The lowest BCUT2D eigenvalue weighted by Gasteiger charge is -2.06. The lowest BCUT2D eigenvalue weighted by atomic mass is 10.1. The monoisotopic (exact) mass is 413 g/mol. The van der Waals surface area contributed by atoms with Gasteiger partial charge in [0.1, 0.15) is 5.82 Å². The number of hydrogen-bond acceptors (Lipinski definition) is 5. The quantitative estimate of drug-likeness (QED) is 0.493. The Kier molecular flexibility index (Phi) is 5.23. The lowest BCUT2D eigenvalue weighted by Crippen LogP contribution is -2.14. The molecule has 0 atom stereocenters. The van der Waals surface area contributed by atoms with Crippen LogP contribution in [-0.4, -0.2) is 31.5 Å². The Morgan fingerprint density at radius 2 is 1.93 bits per heavy atom. The number of carbonyl (C=O) groups is 1. The molecule has 4 rings (SSSR count). The van der Waals surface area contributed by atoms with E-state index in [0.717, 1.165) is 11.3 Å². The summed E-state index contributed by atoms with van der Waals surface area (Å²) in [6.45, 7) is 0. The van der Waals surface area contributed by atoms with Crippen molar-refractivity contribution in [3.8, 4) is 11.3 Å². The van der Waals surface area contributed by atoms with Gasteiger partial charge in [-0.05, 0) is 30.3 Å². The number of aromatic nitrogens is 4. The van der Waals surface area contributed by atoms with Gasteiger partial charge in [0.2, 0.25) is 11.1 Å². The van der Waals surface area contributed by atoms with Gasteiger partial charge < -0.3 is 5.32 Å². The number of anilines is 1. The first-order chi connectivity index (χ1) is 13.6. The molecular formula is C19H13ClFN5OS. The number of thioether (sulfide) groups is 1. The second-order valence-electron chi connectivity index (χ2n) is 5.80. The third-order valence-corrected chi connectivity index (χ3v) is 5.07. The fourth-order valence-electron chi connectivity index (χ4n) is 2.52. The van der Waals surface area contributed by atoms with Crippen molar-refractivity contribution in [2.24, 2.45) is 0 Å². The molecule has 0 saturated heterocycles. The van der Waals surface area contributed by atoms with E-state index < -0.39 is 5.82 Å². The smallest absolute Gasteiger partial charge is 0.234 e. The van der Waals surface area contributed by atoms with Crippen LogP contribution in [0.3, 0.4) is 0 Å². The number of hydrogen-bond donors (Lipinski definition) is 1. The largest absolute Gasteiger partial charge is 0.325 e. The van der Waals surface area contributed by atoms with E-state index >= 15 is 0 Å². The third-order valence-electron chi connectivity index (χ3n) is 3.84. The average molecular weight is 414 g/mol. The van der Waals surface area contributed by atoms with Gasteiger partial charge in [-0.1, -0.05) is 53.7 Å². The van der Waals surface area contributed by atoms with Gasteiger partial charge in [-0.25, -0.2) is 4.39 Å². The van der Waals surface area contributed by atoms with E-state index in [9.17, 15) is 9.18 Å². The van der Waals surface area contributed by atoms with E-state index in [4.69, 9.17) is 11.6 Å². The molecule has 0 spiro atoms. The Balaban J connectivity index is 1.48. The van der Waals surface area contributed by atoms with Gasteiger partial charge in [-0.3, -0.25) is 4.79 Å². The van der Waals surface area contributed by atoms with Crippen molar-refractivity contribution >= 4 is 40.6 Å². The molecule has 1 amide bonds. The fraction of sp³-hybridized carbons (Fsp3) is 0.0526. The summed E-state index contributed by atoms with van der Waals surface area (Å²) in [7, 11) is 0. The normalized spacial score (nSPS) is 10.9. The molecule has 0 radical (unpaired) electrons. The number of halogens is 2. The number of amides is 1. The van der Waals surface area contributed by atoms with Crippen molar-refractivity contribution in [1.29, 1.82) is 0 Å². The Bertz CT molecular complexity index is 1150. The maximum Gasteiger partial charge on any atom is 0.234 e. The van der Waals surface area contributed by atoms with Gasteiger partial charge >= 0.3 is 0 Å². The second kappa shape index (κ2) is 7.95. The van der Waals surface area contributed by atoms with Crippen LogP contribution in [0.1, 0.15) is 0 Å². The summed E-state index contributed by atoms with van der Waals surface area (Å²) in [5.41, 5.74) is 2.66. The zero-order chi connectivity index (χ0) is 19.5. The highest BCUT2D eigenvalue weighted by atomic mass is 35.5. The number of nitrogens with one attached hydrogen (secondary N) is 1. The molecule has 0 aliphatic heterocycles. The van der Waals surface area contributed by atoms with Crippen LogP contribution in [0.5, 0.6) is 0 Å². The minimum Gasteiger partial charge on any atom is -0.325 e. The van der Waals surface area contributed by atoms with Crippen LogP contribution in [-0.2, 0) is 4.79 Å². The summed E-state index contributed by atoms with van der Waals surface area (Å²) in [6, 6.07) is 17.5. The molecule has 2 heterocycles. The molecule has 28 heavy (non-hydrogen) atoms. The fourth-order valence-corrected chi connectivity index (χ4v) is 3.33. The van der Waals surface area contributed by atoms with Crippen molar-refractivity contribution in [2.75, 3.05) is 11.1 Å². The molecule has 0 aliphatic carbocycles. The molecule has 140 valence electrons. The SMILES string of the molecule is O=C(CSc1nnc2ccc(-c3ccccc3)nn12)Nc1ccc(Cl)c(F)c1. The molecule has 0 aliphatic rings. The van der Waals surface area contributed by atoms with Crippen LogP contribution >= 0.6 is 23.4 Å². The summed E-state index contributed by atoms with van der Waals surface area (Å²) in [5.74, 6) is -0.821. The molecule has 2 aromatic carbocycles. The predicted octanol–water partition coefficient (Wildman–Crippen LogP) is 4.31. The predicted molar refractivity (Wildman–Crippen MR) is 107 cm³/mol. The summed E-state index contributed by atoms with van der Waals surface area (Å²) < 4.78 is 15.1. The first kappa shape index (κ1) is 18.4. The van der Waals surface area contributed by atoms with Crippen LogP contribution in [0.2, 0.25) is 5.02 Å². The zero-order valence-electron chi connectivity index (χ0n) is 14.3. The Morgan fingerprint density at radius 1 is 1.11 bits per heavy atom. The van der Waals surface area contributed by atoms with Crippen LogP contribution in [0.4, 0.5) is 10.1 Å². The van der Waals surface area contributed by atoms with Gasteiger partial charge in [0.15, 0.2) is 5.65 Å². The first-order valence-electron chi connectivity index (χ1n) is 8.26. The summed E-state index contributed by atoms with van der Waals surface area (Å²) in [6.07, 6.45) is 0. The molecule has 9 heteroatoms. The maximum absolute atomic E-state index is 13.5. The van der Waals surface area contributed by atoms with Gasteiger partial charge in [0.05, 0.1) is 16.5 Å². The molecule has 0 bridgehead atoms. The molecule has 1 N–H and O–H groups in total. The van der Waals surface area contributed by atoms with Crippen molar-refractivity contribution < 1.29 is 9.18 Å². The van der Waals surface area contributed by atoms with Crippen LogP contribution in [0.25, 0.3) is 16.9 Å². The second-order valence-corrected chi connectivity index (χ2v) is 7.15. The highest BCUT2D eigenvalue weighted by molar-refractivity contribution is 7.99. The summed E-state index contributed by atoms with van der Waals surface area (Å²) in [5, 5.41) is 15.8. The van der Waals surface area contributed by atoms with Crippen molar-refractivity contribution in [3.05, 3.63) is 71.5 Å². The van der Waals surface area contributed by atoms with Crippen molar-refractivity contribution in [3.63, 3.8) is 0 Å². The number of carbonyl (C=O) groups excluding carboxylic acids is 1. The van der Waals surface area contributed by atoms with Crippen LogP contribution in [0, 0.1) is 5.82 Å². The Hall–Kier alpha value is -2.97. The number of benzene rings is 2. The zero-order valence-corrected chi connectivity index (χ0v) is 15.9. The number of nitrogens with zero attached hydrogens (tertiary/aromatic N) is 4. The van der Waals surface area contributed by atoms with E-state index in [1.54, 1.807) is 4.52 Å². The van der Waals surface area contributed by atoms with Crippen molar-refractivity contribution in [1.82, 2.24) is 19.8 Å². The number of rotatable bonds is 5. The minimum absolute atomic E-state index is 0.00241. The van der Waals surface area contributed by atoms with Gasteiger partial charge in [0, 0.05) is 11.3 Å².